The minimum atomic E-state index is -4.81. The van der Waals surface area contributed by atoms with Crippen LogP contribution in [0.4, 0.5) is 18.0 Å². The van der Waals surface area contributed by atoms with Crippen LogP contribution in [0.25, 0.3) is 0 Å². The number of amides is 3. The largest absolute Gasteiger partial charge is 0.452 e. The molecule has 1 unspecified atom stereocenters. The number of benzene rings is 1. The van der Waals surface area contributed by atoms with E-state index in [1.807, 2.05) is 5.32 Å². The number of alkyl halides is 3. The van der Waals surface area contributed by atoms with Gasteiger partial charge in [-0.1, -0.05) is 11.6 Å². The first-order valence-electron chi connectivity index (χ1n) is 8.61. The van der Waals surface area contributed by atoms with Crippen molar-refractivity contribution in [3.63, 3.8) is 0 Å². The predicted octanol–water partition coefficient (Wildman–Crippen LogP) is 2.19. The fourth-order valence-corrected chi connectivity index (χ4v) is 3.49. The Morgan fingerprint density at radius 2 is 1.74 bits per heavy atom. The lowest BCUT2D eigenvalue weighted by molar-refractivity contribution is -0.153. The average molecular weight is 488 g/mol. The van der Waals surface area contributed by atoms with E-state index in [9.17, 15) is 36.0 Å². The van der Waals surface area contributed by atoms with Gasteiger partial charge in [0.2, 0.25) is 10.0 Å². The third kappa shape index (κ3) is 8.71. The molecule has 0 saturated carbocycles. The van der Waals surface area contributed by atoms with Crippen LogP contribution in [-0.2, 0) is 30.5 Å². The number of ether oxygens (including phenoxy) is 1. The van der Waals surface area contributed by atoms with Gasteiger partial charge in [-0.05, 0) is 45.9 Å². The van der Waals surface area contributed by atoms with Gasteiger partial charge in [-0.2, -0.15) is 17.9 Å². The van der Waals surface area contributed by atoms with Crippen molar-refractivity contribution in [2.75, 3.05) is 6.54 Å². The SMILES string of the molecule is CC(OC(=O)CNS(=O)(=O)c1cc(C(F)(F)F)ccc1Cl)C(=O)NC(=O)NC(C)(C)C. The number of esters is 1. The highest BCUT2D eigenvalue weighted by atomic mass is 35.5. The number of sulfonamides is 1. The van der Waals surface area contributed by atoms with E-state index in [0.717, 1.165) is 13.0 Å². The molecule has 1 rings (SSSR count). The second-order valence-corrected chi connectivity index (χ2v) is 9.44. The van der Waals surface area contributed by atoms with Crippen molar-refractivity contribution in [1.29, 1.82) is 0 Å². The molecule has 0 fully saturated rings. The standard InChI is InChI=1S/C17H21ClF3N3O6S/c1-9(14(26)23-15(27)24-16(2,3)4)30-13(25)8-22-31(28,29)12-7-10(17(19,20)21)5-6-11(12)18/h5-7,9,22H,8H2,1-4H3,(H2,23,24,26,27). The van der Waals surface area contributed by atoms with Crippen LogP contribution in [0.5, 0.6) is 0 Å². The number of carbonyl (C=O) groups excluding carboxylic acids is 3. The molecule has 174 valence electrons. The molecule has 0 aliphatic heterocycles. The molecule has 3 N–H and O–H groups in total. The van der Waals surface area contributed by atoms with Crippen LogP contribution < -0.4 is 15.4 Å². The van der Waals surface area contributed by atoms with Gasteiger partial charge < -0.3 is 10.1 Å². The zero-order valence-electron chi connectivity index (χ0n) is 16.9. The summed E-state index contributed by atoms with van der Waals surface area (Å²) >= 11 is 5.67. The van der Waals surface area contributed by atoms with E-state index in [1.165, 1.54) is 0 Å². The van der Waals surface area contributed by atoms with E-state index in [4.69, 9.17) is 16.3 Å². The van der Waals surface area contributed by atoms with Gasteiger partial charge in [0, 0.05) is 5.54 Å². The molecule has 1 atom stereocenters. The predicted molar refractivity (Wildman–Crippen MR) is 104 cm³/mol. The third-order valence-corrected chi connectivity index (χ3v) is 5.24. The van der Waals surface area contributed by atoms with Gasteiger partial charge in [0.15, 0.2) is 6.10 Å². The fraction of sp³-hybridized carbons (Fsp3) is 0.471. The van der Waals surface area contributed by atoms with Gasteiger partial charge in [-0.15, -0.1) is 0 Å². The molecule has 31 heavy (non-hydrogen) atoms. The minimum absolute atomic E-state index is 0.319. The molecule has 0 radical (unpaired) electrons. The van der Waals surface area contributed by atoms with Gasteiger partial charge in [0.25, 0.3) is 5.91 Å². The Kier molecular flexibility index (Phi) is 8.45. The van der Waals surface area contributed by atoms with Gasteiger partial charge in [0.05, 0.1) is 10.6 Å². The summed E-state index contributed by atoms with van der Waals surface area (Å²) in [7, 11) is -4.61. The molecule has 0 bridgehead atoms. The van der Waals surface area contributed by atoms with E-state index in [-0.39, 0.29) is 0 Å². The number of nitrogens with one attached hydrogen (secondary N) is 3. The molecule has 0 aromatic heterocycles. The summed E-state index contributed by atoms with van der Waals surface area (Å²) in [6.07, 6.45) is -6.27. The summed E-state index contributed by atoms with van der Waals surface area (Å²) in [6, 6.07) is 0.845. The molecule has 0 heterocycles. The van der Waals surface area contributed by atoms with E-state index >= 15 is 0 Å². The maximum Gasteiger partial charge on any atom is 0.416 e. The zero-order valence-corrected chi connectivity index (χ0v) is 18.5. The van der Waals surface area contributed by atoms with Gasteiger partial charge in [-0.3, -0.25) is 14.9 Å². The highest BCUT2D eigenvalue weighted by Gasteiger charge is 2.33. The summed E-state index contributed by atoms with van der Waals surface area (Å²) in [6.45, 7) is 5.15. The van der Waals surface area contributed by atoms with Crippen molar-refractivity contribution in [3.05, 3.63) is 28.8 Å². The summed E-state index contributed by atoms with van der Waals surface area (Å²) in [5.41, 5.74) is -1.88. The number of imide groups is 1. The van der Waals surface area contributed by atoms with Crippen LogP contribution in [0.3, 0.4) is 0 Å². The Morgan fingerprint density at radius 1 is 1.16 bits per heavy atom. The molecule has 0 aliphatic carbocycles. The monoisotopic (exact) mass is 487 g/mol. The number of halogens is 4. The summed E-state index contributed by atoms with van der Waals surface area (Å²) in [4.78, 5) is 34.4. The van der Waals surface area contributed by atoms with Crippen LogP contribution in [-0.4, -0.2) is 44.5 Å². The van der Waals surface area contributed by atoms with Gasteiger partial charge >= 0.3 is 18.2 Å². The van der Waals surface area contributed by atoms with Crippen LogP contribution in [0.2, 0.25) is 5.02 Å². The first kappa shape index (κ1) is 26.7. The van der Waals surface area contributed by atoms with Crippen molar-refractivity contribution in [1.82, 2.24) is 15.4 Å². The van der Waals surface area contributed by atoms with E-state index in [0.29, 0.717) is 12.1 Å². The quantitative estimate of drug-likeness (QED) is 0.527. The third-order valence-electron chi connectivity index (χ3n) is 3.36. The Balaban J connectivity index is 2.73. The number of urea groups is 1. The van der Waals surface area contributed by atoms with E-state index in [1.54, 1.807) is 25.5 Å². The summed E-state index contributed by atoms with van der Waals surface area (Å²) in [5, 5.41) is 3.89. The summed E-state index contributed by atoms with van der Waals surface area (Å²) < 4.78 is 69.3. The molecule has 9 nitrogen and oxygen atoms in total. The minimum Gasteiger partial charge on any atom is -0.452 e. The normalized spacial score (nSPS) is 13.3. The van der Waals surface area contributed by atoms with Crippen molar-refractivity contribution >= 4 is 39.5 Å². The number of hydrogen-bond donors (Lipinski definition) is 3. The average Bonchev–Trinajstić information content (AvgIpc) is 2.57. The number of hydrogen-bond acceptors (Lipinski definition) is 6. The zero-order chi connectivity index (χ0) is 24.2. The highest BCUT2D eigenvalue weighted by molar-refractivity contribution is 7.89. The smallest absolute Gasteiger partial charge is 0.416 e. The van der Waals surface area contributed by atoms with Crippen molar-refractivity contribution in [2.45, 2.75) is 50.4 Å². The van der Waals surface area contributed by atoms with Crippen molar-refractivity contribution in [3.8, 4) is 0 Å². The van der Waals surface area contributed by atoms with E-state index in [2.05, 4.69) is 5.32 Å². The molecule has 0 aliphatic rings. The molecule has 1 aromatic carbocycles. The topological polar surface area (TPSA) is 131 Å². The highest BCUT2D eigenvalue weighted by Crippen LogP contribution is 2.33. The number of rotatable bonds is 6. The molecule has 14 heteroatoms. The molecular weight excluding hydrogens is 467 g/mol. The lowest BCUT2D eigenvalue weighted by Crippen LogP contribution is -2.50. The molecule has 0 spiro atoms. The number of carbonyl (C=O) groups is 3. The Labute approximate surface area is 181 Å². The molecule has 1 aromatic rings. The van der Waals surface area contributed by atoms with Crippen LogP contribution in [0.15, 0.2) is 23.1 Å². The second kappa shape index (κ2) is 9.83. The van der Waals surface area contributed by atoms with E-state index < -0.39 is 67.8 Å². The maximum absolute atomic E-state index is 12.8. The Bertz CT molecular complexity index is 961. The maximum atomic E-state index is 12.8. The Morgan fingerprint density at radius 3 is 2.26 bits per heavy atom. The first-order valence-corrected chi connectivity index (χ1v) is 10.5. The van der Waals surface area contributed by atoms with Crippen LogP contribution >= 0.6 is 11.6 Å². The Hall–Kier alpha value is -2.38. The lowest BCUT2D eigenvalue weighted by atomic mass is 10.1. The first-order chi connectivity index (χ1) is 13.9. The molecule has 3 amide bonds. The van der Waals surface area contributed by atoms with Crippen LogP contribution in [0, 0.1) is 0 Å². The lowest BCUT2D eigenvalue weighted by Gasteiger charge is -2.21. The van der Waals surface area contributed by atoms with Crippen molar-refractivity contribution in [2.24, 2.45) is 0 Å². The van der Waals surface area contributed by atoms with Gasteiger partial charge in [0.1, 0.15) is 11.4 Å². The summed E-state index contributed by atoms with van der Waals surface area (Å²) in [5.74, 6) is -2.19. The second-order valence-electron chi connectivity index (χ2n) is 7.29. The van der Waals surface area contributed by atoms with Crippen LogP contribution in [0.1, 0.15) is 33.3 Å². The molecular formula is C17H21ClF3N3O6S. The molecule has 0 saturated heterocycles. The van der Waals surface area contributed by atoms with Gasteiger partial charge in [-0.25, -0.2) is 13.2 Å². The van der Waals surface area contributed by atoms with Crippen molar-refractivity contribution < 1.29 is 40.7 Å². The fourth-order valence-electron chi connectivity index (χ4n) is 2.00.